The molecule has 0 spiro atoms. The molecule has 2 aromatic rings. The van der Waals surface area contributed by atoms with Gasteiger partial charge in [-0.2, -0.15) is 0 Å². The molecule has 1 aromatic carbocycles. The molecule has 0 aliphatic carbocycles. The number of likely N-dealkylation sites (tertiary alicyclic amines) is 1. The molecule has 1 aliphatic heterocycles. The van der Waals surface area contributed by atoms with Crippen LogP contribution in [-0.2, 0) is 0 Å². The normalized spacial score (nSPS) is 15.6. The van der Waals surface area contributed by atoms with Crippen molar-refractivity contribution in [3.05, 3.63) is 35.0 Å². The molecule has 4 nitrogen and oxygen atoms in total. The summed E-state index contributed by atoms with van der Waals surface area (Å²) < 4.78 is 0. The van der Waals surface area contributed by atoms with Crippen LogP contribution < -0.4 is 5.32 Å². The third kappa shape index (κ3) is 3.84. The third-order valence-electron chi connectivity index (χ3n) is 4.37. The van der Waals surface area contributed by atoms with Crippen LogP contribution in [0, 0.1) is 23.2 Å². The van der Waals surface area contributed by atoms with E-state index < -0.39 is 0 Å². The Hall–Kier alpha value is -2.16. The van der Waals surface area contributed by atoms with Gasteiger partial charge < -0.3 is 15.6 Å². The molecule has 1 saturated heterocycles. The van der Waals surface area contributed by atoms with Gasteiger partial charge in [-0.25, -0.2) is 4.98 Å². The monoisotopic (exact) mass is 338 g/mol. The van der Waals surface area contributed by atoms with Crippen molar-refractivity contribution in [3.63, 3.8) is 0 Å². The molecular formula is C19H22N4S. The van der Waals surface area contributed by atoms with Crippen LogP contribution >= 0.6 is 11.3 Å². The molecule has 3 rings (SSSR count). The van der Waals surface area contributed by atoms with Crippen molar-refractivity contribution in [1.82, 2.24) is 9.88 Å². The Kier molecular flexibility index (Phi) is 5.29. The number of rotatable bonds is 3. The lowest BCUT2D eigenvalue weighted by Gasteiger charge is -2.25. The number of aromatic nitrogens is 1. The van der Waals surface area contributed by atoms with Gasteiger partial charge in [0.15, 0.2) is 5.01 Å². The maximum atomic E-state index is 7.44. The predicted molar refractivity (Wildman–Crippen MR) is 102 cm³/mol. The van der Waals surface area contributed by atoms with Gasteiger partial charge in [0, 0.05) is 36.6 Å². The lowest BCUT2D eigenvalue weighted by Crippen LogP contribution is -2.29. The van der Waals surface area contributed by atoms with E-state index in [1.54, 1.807) is 11.3 Å². The van der Waals surface area contributed by atoms with E-state index in [4.69, 9.17) is 5.41 Å². The number of anilines is 1. The van der Waals surface area contributed by atoms with Crippen molar-refractivity contribution >= 4 is 23.2 Å². The highest BCUT2D eigenvalue weighted by atomic mass is 32.1. The summed E-state index contributed by atoms with van der Waals surface area (Å²) in [5.74, 6) is 7.15. The summed E-state index contributed by atoms with van der Waals surface area (Å²) in [5.41, 5.74) is 2.94. The SMILES string of the molecule is CNc1cc(-c2cnc(C#CC3CCN(C)CC3)s2)ccc1C=N. The number of hydrogen-bond donors (Lipinski definition) is 2. The zero-order valence-electron chi connectivity index (χ0n) is 14.1. The van der Waals surface area contributed by atoms with Crippen LogP contribution in [0.15, 0.2) is 24.4 Å². The molecule has 24 heavy (non-hydrogen) atoms. The quantitative estimate of drug-likeness (QED) is 0.665. The summed E-state index contributed by atoms with van der Waals surface area (Å²) in [4.78, 5) is 7.92. The zero-order valence-corrected chi connectivity index (χ0v) is 14.9. The van der Waals surface area contributed by atoms with E-state index in [0.29, 0.717) is 5.92 Å². The fourth-order valence-electron chi connectivity index (χ4n) is 2.83. The van der Waals surface area contributed by atoms with Gasteiger partial charge in [0.1, 0.15) is 0 Å². The van der Waals surface area contributed by atoms with Crippen LogP contribution in [-0.4, -0.2) is 43.3 Å². The van der Waals surface area contributed by atoms with Crippen molar-refractivity contribution in [2.45, 2.75) is 12.8 Å². The van der Waals surface area contributed by atoms with Crippen LogP contribution in [0.4, 0.5) is 5.69 Å². The van der Waals surface area contributed by atoms with Gasteiger partial charge in [-0.15, -0.1) is 11.3 Å². The van der Waals surface area contributed by atoms with E-state index >= 15 is 0 Å². The average Bonchev–Trinajstić information content (AvgIpc) is 3.09. The largest absolute Gasteiger partial charge is 0.388 e. The molecule has 2 N–H and O–H groups in total. The molecule has 0 amide bonds. The van der Waals surface area contributed by atoms with Crippen molar-refractivity contribution < 1.29 is 0 Å². The Labute approximate surface area is 147 Å². The van der Waals surface area contributed by atoms with Crippen molar-refractivity contribution in [2.24, 2.45) is 5.92 Å². The number of nitrogens with one attached hydrogen (secondary N) is 2. The first-order valence-electron chi connectivity index (χ1n) is 8.18. The summed E-state index contributed by atoms with van der Waals surface area (Å²) >= 11 is 1.63. The fraction of sp³-hybridized carbons (Fsp3) is 0.368. The molecule has 1 aromatic heterocycles. The lowest BCUT2D eigenvalue weighted by molar-refractivity contribution is 0.248. The fourth-order valence-corrected chi connectivity index (χ4v) is 3.61. The molecule has 2 heterocycles. The molecule has 1 fully saturated rings. The summed E-state index contributed by atoms with van der Waals surface area (Å²) in [5, 5.41) is 11.5. The maximum Gasteiger partial charge on any atom is 0.167 e. The first-order chi connectivity index (χ1) is 11.7. The molecule has 0 atom stereocenters. The molecule has 0 radical (unpaired) electrons. The number of piperidine rings is 1. The minimum atomic E-state index is 0.497. The van der Waals surface area contributed by atoms with Crippen LogP contribution in [0.25, 0.3) is 10.4 Å². The van der Waals surface area contributed by atoms with Gasteiger partial charge in [-0.05, 0) is 50.5 Å². The first kappa shape index (κ1) is 16.7. The molecule has 5 heteroatoms. The van der Waals surface area contributed by atoms with E-state index in [0.717, 1.165) is 52.6 Å². The van der Waals surface area contributed by atoms with Crippen LogP contribution in [0.1, 0.15) is 23.4 Å². The van der Waals surface area contributed by atoms with Gasteiger partial charge in [0.25, 0.3) is 0 Å². The van der Waals surface area contributed by atoms with Gasteiger partial charge in [-0.1, -0.05) is 18.1 Å². The van der Waals surface area contributed by atoms with Crippen molar-refractivity contribution in [2.75, 3.05) is 32.5 Å². The molecule has 1 aliphatic rings. The van der Waals surface area contributed by atoms with E-state index in [1.807, 2.05) is 25.4 Å². The standard InChI is InChI=1S/C19H22N4S/c1-21-17-11-15(4-5-16(17)12-20)18-13-22-19(24-18)6-3-14-7-9-23(2)10-8-14/h4-5,11-14,20-21H,7-10H2,1-2H3. The molecule has 0 saturated carbocycles. The van der Waals surface area contributed by atoms with Crippen molar-refractivity contribution in [1.29, 1.82) is 5.41 Å². The summed E-state index contributed by atoms with van der Waals surface area (Å²) in [6.45, 7) is 2.27. The van der Waals surface area contributed by atoms with Crippen LogP contribution in [0.2, 0.25) is 0 Å². The molecule has 0 unspecified atom stereocenters. The zero-order chi connectivity index (χ0) is 16.9. The molecule has 124 valence electrons. The lowest BCUT2D eigenvalue weighted by atomic mass is 9.98. The Morgan fingerprint density at radius 1 is 1.38 bits per heavy atom. The number of hydrogen-bond acceptors (Lipinski definition) is 5. The van der Waals surface area contributed by atoms with E-state index in [1.165, 1.54) is 6.21 Å². The first-order valence-corrected chi connectivity index (χ1v) is 9.00. The predicted octanol–water partition coefficient (Wildman–Crippen LogP) is 3.54. The topological polar surface area (TPSA) is 52.0 Å². The number of thiazole rings is 1. The average molecular weight is 338 g/mol. The van der Waals surface area contributed by atoms with Gasteiger partial charge >= 0.3 is 0 Å². The summed E-state index contributed by atoms with van der Waals surface area (Å²) in [6.07, 6.45) is 5.56. The molecule has 0 bridgehead atoms. The van der Waals surface area contributed by atoms with Gasteiger partial charge in [0.2, 0.25) is 0 Å². The summed E-state index contributed by atoms with van der Waals surface area (Å²) in [6, 6.07) is 6.04. The number of benzene rings is 1. The van der Waals surface area contributed by atoms with Crippen molar-refractivity contribution in [3.8, 4) is 22.3 Å². The van der Waals surface area contributed by atoms with Crippen LogP contribution in [0.3, 0.4) is 0 Å². The Balaban J connectivity index is 1.75. The van der Waals surface area contributed by atoms with Gasteiger partial charge in [-0.3, -0.25) is 0 Å². The maximum absolute atomic E-state index is 7.44. The Morgan fingerprint density at radius 2 is 2.17 bits per heavy atom. The Morgan fingerprint density at radius 3 is 2.88 bits per heavy atom. The second-order valence-electron chi connectivity index (χ2n) is 6.07. The van der Waals surface area contributed by atoms with Gasteiger partial charge in [0.05, 0.1) is 4.88 Å². The highest BCUT2D eigenvalue weighted by Crippen LogP contribution is 2.29. The van der Waals surface area contributed by atoms with Crippen LogP contribution in [0.5, 0.6) is 0 Å². The molecular weight excluding hydrogens is 316 g/mol. The van der Waals surface area contributed by atoms with E-state index in [-0.39, 0.29) is 0 Å². The van der Waals surface area contributed by atoms with E-state index in [9.17, 15) is 0 Å². The van der Waals surface area contributed by atoms with E-state index in [2.05, 4.69) is 40.2 Å². The Bertz CT molecular complexity index is 776. The highest BCUT2D eigenvalue weighted by molar-refractivity contribution is 7.15. The smallest absolute Gasteiger partial charge is 0.167 e. The second kappa shape index (κ2) is 7.61. The second-order valence-corrected chi connectivity index (χ2v) is 7.10. The third-order valence-corrected chi connectivity index (χ3v) is 5.33. The summed E-state index contributed by atoms with van der Waals surface area (Å²) in [7, 11) is 4.04. The number of nitrogens with zero attached hydrogens (tertiary/aromatic N) is 2. The minimum absolute atomic E-state index is 0.497. The highest BCUT2D eigenvalue weighted by Gasteiger charge is 2.14. The minimum Gasteiger partial charge on any atom is -0.388 e.